The van der Waals surface area contributed by atoms with Gasteiger partial charge in [0.15, 0.2) is 0 Å². The first kappa shape index (κ1) is 15.1. The third kappa shape index (κ3) is 3.51. The third-order valence-corrected chi connectivity index (χ3v) is 5.69. The van der Waals surface area contributed by atoms with Gasteiger partial charge in [-0.1, -0.05) is 0 Å². The van der Waals surface area contributed by atoms with Crippen LogP contribution in [0.5, 0.6) is 0 Å². The molecule has 104 valence electrons. The zero-order valence-corrected chi connectivity index (χ0v) is 12.0. The summed E-state index contributed by atoms with van der Waals surface area (Å²) in [6.45, 7) is 1.38. The number of hydrogen-bond acceptors (Lipinski definition) is 5. The van der Waals surface area contributed by atoms with Gasteiger partial charge >= 0.3 is 0 Å². The Labute approximate surface area is 106 Å². The molecule has 8 nitrogen and oxygen atoms in total. The lowest BCUT2D eigenvalue weighted by atomic mass is 10.5. The first-order valence-corrected chi connectivity index (χ1v) is 8.16. The number of rotatable bonds is 6. The van der Waals surface area contributed by atoms with Gasteiger partial charge in [0, 0.05) is 20.6 Å². The molecule has 18 heavy (non-hydrogen) atoms. The fraction of sp³-hybridized carbons (Fsp3) is 0.625. The van der Waals surface area contributed by atoms with Crippen LogP contribution in [0.1, 0.15) is 5.69 Å². The lowest BCUT2D eigenvalue weighted by molar-refractivity contribution is 0.519. The molecule has 0 saturated carbocycles. The maximum absolute atomic E-state index is 11.8. The van der Waals surface area contributed by atoms with Gasteiger partial charge in [-0.2, -0.15) is 5.10 Å². The number of sulfonamides is 2. The van der Waals surface area contributed by atoms with Crippen molar-refractivity contribution in [3.8, 4) is 0 Å². The van der Waals surface area contributed by atoms with E-state index in [9.17, 15) is 16.8 Å². The summed E-state index contributed by atoms with van der Waals surface area (Å²) in [4.78, 5) is 0.0183. The van der Waals surface area contributed by atoms with E-state index in [1.54, 1.807) is 6.92 Å². The largest absolute Gasteiger partial charge is 0.281 e. The van der Waals surface area contributed by atoms with Crippen LogP contribution < -0.4 is 4.72 Å². The predicted octanol–water partition coefficient (Wildman–Crippen LogP) is -1.11. The number of aromatic amines is 1. The van der Waals surface area contributed by atoms with Crippen LogP contribution in [0.15, 0.2) is 11.1 Å². The SMILES string of the molecule is Cc1[nH]ncc1S(=O)(=O)NCCS(=O)(=O)N(C)C. The Kier molecular flexibility index (Phi) is 4.48. The first-order valence-electron chi connectivity index (χ1n) is 5.06. The van der Waals surface area contributed by atoms with Crippen LogP contribution in [0.2, 0.25) is 0 Å². The molecule has 0 aromatic carbocycles. The topological polar surface area (TPSA) is 112 Å². The molecule has 0 unspecified atom stereocenters. The highest BCUT2D eigenvalue weighted by atomic mass is 32.2. The van der Waals surface area contributed by atoms with E-state index in [-0.39, 0.29) is 17.2 Å². The summed E-state index contributed by atoms with van der Waals surface area (Å²) in [5.74, 6) is -0.296. The molecule has 10 heteroatoms. The van der Waals surface area contributed by atoms with Crippen molar-refractivity contribution in [1.82, 2.24) is 19.2 Å². The van der Waals surface area contributed by atoms with Gasteiger partial charge in [-0.3, -0.25) is 5.10 Å². The van der Waals surface area contributed by atoms with Gasteiger partial charge in [-0.05, 0) is 6.92 Å². The van der Waals surface area contributed by atoms with Gasteiger partial charge < -0.3 is 0 Å². The van der Waals surface area contributed by atoms with Gasteiger partial charge in [0.1, 0.15) is 4.90 Å². The fourth-order valence-electron chi connectivity index (χ4n) is 1.18. The molecule has 1 aromatic heterocycles. The standard InChI is InChI=1S/C8H16N4O4S2/c1-7-8(6-9-11-7)18(15,16)10-4-5-17(13,14)12(2)3/h6,10H,4-5H2,1-3H3,(H,9,11). The Morgan fingerprint density at radius 3 is 2.39 bits per heavy atom. The smallest absolute Gasteiger partial charge is 0.243 e. The highest BCUT2D eigenvalue weighted by molar-refractivity contribution is 7.90. The van der Waals surface area contributed by atoms with E-state index in [2.05, 4.69) is 14.9 Å². The van der Waals surface area contributed by atoms with Crippen molar-refractivity contribution in [2.45, 2.75) is 11.8 Å². The first-order chi connectivity index (χ1) is 8.17. The van der Waals surface area contributed by atoms with E-state index in [0.29, 0.717) is 5.69 Å². The number of nitrogens with zero attached hydrogens (tertiary/aromatic N) is 2. The maximum Gasteiger partial charge on any atom is 0.243 e. The van der Waals surface area contributed by atoms with Gasteiger partial charge in [0.05, 0.1) is 17.6 Å². The minimum atomic E-state index is -3.72. The van der Waals surface area contributed by atoms with E-state index in [0.717, 1.165) is 4.31 Å². The molecule has 0 radical (unpaired) electrons. The van der Waals surface area contributed by atoms with Crippen molar-refractivity contribution in [3.63, 3.8) is 0 Å². The minimum absolute atomic E-state index is 0.0183. The summed E-state index contributed by atoms with van der Waals surface area (Å²) in [5.41, 5.74) is 0.401. The van der Waals surface area contributed by atoms with Crippen LogP contribution >= 0.6 is 0 Å². The van der Waals surface area contributed by atoms with Gasteiger partial charge in [-0.15, -0.1) is 0 Å². The lowest BCUT2D eigenvalue weighted by Gasteiger charge is -2.11. The van der Waals surface area contributed by atoms with E-state index in [1.165, 1.54) is 20.3 Å². The van der Waals surface area contributed by atoms with E-state index in [4.69, 9.17) is 0 Å². The lowest BCUT2D eigenvalue weighted by Crippen LogP contribution is -2.34. The molecule has 0 aliphatic heterocycles. The second-order valence-corrected chi connectivity index (χ2v) is 7.89. The molecule has 1 heterocycles. The van der Waals surface area contributed by atoms with Gasteiger partial charge in [-0.25, -0.2) is 25.9 Å². The summed E-state index contributed by atoms with van der Waals surface area (Å²) in [5, 5.41) is 6.11. The maximum atomic E-state index is 11.8. The summed E-state index contributed by atoms with van der Waals surface area (Å²) in [7, 11) is -4.35. The molecule has 0 saturated heterocycles. The van der Waals surface area contributed by atoms with E-state index >= 15 is 0 Å². The molecule has 0 fully saturated rings. The predicted molar refractivity (Wildman–Crippen MR) is 66.0 cm³/mol. The second kappa shape index (κ2) is 5.34. The molecular weight excluding hydrogens is 280 g/mol. The van der Waals surface area contributed by atoms with Crippen molar-refractivity contribution in [2.75, 3.05) is 26.4 Å². The average Bonchev–Trinajstić information content (AvgIpc) is 2.64. The zero-order chi connectivity index (χ0) is 14.0. The normalized spacial score (nSPS) is 13.1. The van der Waals surface area contributed by atoms with Crippen molar-refractivity contribution >= 4 is 20.0 Å². The molecule has 0 bridgehead atoms. The number of nitrogens with one attached hydrogen (secondary N) is 2. The Morgan fingerprint density at radius 1 is 1.33 bits per heavy atom. The van der Waals surface area contributed by atoms with Crippen LogP contribution in [0.25, 0.3) is 0 Å². The van der Waals surface area contributed by atoms with E-state index in [1.807, 2.05) is 0 Å². The zero-order valence-electron chi connectivity index (χ0n) is 10.3. The van der Waals surface area contributed by atoms with Crippen molar-refractivity contribution in [1.29, 1.82) is 0 Å². The van der Waals surface area contributed by atoms with Crippen molar-refractivity contribution in [3.05, 3.63) is 11.9 Å². The number of aryl methyl sites for hydroxylation is 1. The summed E-state index contributed by atoms with van der Waals surface area (Å²) in [6, 6.07) is 0. The molecule has 0 amide bonds. The molecule has 2 N–H and O–H groups in total. The Bertz CT molecular complexity index is 603. The third-order valence-electron chi connectivity index (χ3n) is 2.28. The molecule has 0 aliphatic rings. The highest BCUT2D eigenvalue weighted by Gasteiger charge is 2.20. The van der Waals surface area contributed by atoms with E-state index < -0.39 is 20.0 Å². The Balaban J connectivity index is 2.68. The monoisotopic (exact) mass is 296 g/mol. The highest BCUT2D eigenvalue weighted by Crippen LogP contribution is 2.10. The summed E-state index contributed by atoms with van der Waals surface area (Å²) >= 11 is 0. The summed E-state index contributed by atoms with van der Waals surface area (Å²) in [6.07, 6.45) is 1.18. The quantitative estimate of drug-likeness (QED) is 0.691. The molecule has 1 rings (SSSR count). The summed E-state index contributed by atoms with van der Waals surface area (Å²) < 4.78 is 49.7. The number of aromatic nitrogens is 2. The van der Waals surface area contributed by atoms with Crippen molar-refractivity contribution < 1.29 is 16.8 Å². The van der Waals surface area contributed by atoms with Crippen LogP contribution in [-0.4, -0.2) is 57.7 Å². The van der Waals surface area contributed by atoms with Crippen LogP contribution in [0.3, 0.4) is 0 Å². The molecule has 0 spiro atoms. The van der Waals surface area contributed by atoms with Crippen LogP contribution in [0.4, 0.5) is 0 Å². The number of H-pyrrole nitrogens is 1. The molecule has 1 aromatic rings. The fourth-order valence-corrected chi connectivity index (χ4v) is 3.20. The average molecular weight is 296 g/mol. The molecule has 0 atom stereocenters. The number of hydrogen-bond donors (Lipinski definition) is 2. The van der Waals surface area contributed by atoms with Crippen LogP contribution in [0, 0.1) is 6.92 Å². The Hall–Kier alpha value is -0.970. The van der Waals surface area contributed by atoms with Gasteiger partial charge in [0.25, 0.3) is 0 Å². The Morgan fingerprint density at radius 2 is 1.94 bits per heavy atom. The van der Waals surface area contributed by atoms with Gasteiger partial charge in [0.2, 0.25) is 20.0 Å². The molecule has 0 aliphatic carbocycles. The second-order valence-electron chi connectivity index (χ2n) is 3.86. The van der Waals surface area contributed by atoms with Crippen LogP contribution in [-0.2, 0) is 20.0 Å². The van der Waals surface area contributed by atoms with Crippen molar-refractivity contribution in [2.24, 2.45) is 0 Å². The molecular formula is C8H16N4O4S2. The minimum Gasteiger partial charge on any atom is -0.281 e.